The zero-order valence-corrected chi connectivity index (χ0v) is 9.10. The number of alkyl halides is 1. The molecule has 0 aromatic heterocycles. The summed E-state index contributed by atoms with van der Waals surface area (Å²) in [5.41, 5.74) is 0. The van der Waals surface area contributed by atoms with Crippen molar-refractivity contribution in [3.05, 3.63) is 12.7 Å². The maximum Gasteiger partial charge on any atom is 0.0595 e. The summed E-state index contributed by atoms with van der Waals surface area (Å²) in [5, 5.41) is 8.63. The number of rotatable bonds is 9. The monoisotopic (exact) mass is 204 g/mol. The van der Waals surface area contributed by atoms with E-state index in [2.05, 4.69) is 6.58 Å². The first kappa shape index (κ1) is 13.0. The Morgan fingerprint density at radius 1 is 1.15 bits per heavy atom. The first-order valence-electron chi connectivity index (χ1n) is 5.17. The molecule has 0 aliphatic carbocycles. The lowest BCUT2D eigenvalue weighted by Crippen LogP contribution is -2.03. The van der Waals surface area contributed by atoms with E-state index in [1.165, 1.54) is 25.7 Å². The molecular formula is C11H21ClO. The molecule has 0 aliphatic rings. The van der Waals surface area contributed by atoms with Crippen LogP contribution in [0.25, 0.3) is 0 Å². The Labute approximate surface area is 86.8 Å². The lowest BCUT2D eigenvalue weighted by molar-refractivity contribution is 0.286. The third kappa shape index (κ3) is 9.91. The number of aliphatic hydroxyl groups excluding tert-OH is 1. The molecule has 0 spiro atoms. The Hall–Kier alpha value is -0.0100. The van der Waals surface area contributed by atoms with Crippen molar-refractivity contribution in [3.63, 3.8) is 0 Å². The summed E-state index contributed by atoms with van der Waals surface area (Å²) in [7, 11) is 0. The number of unbranched alkanes of at least 4 members (excludes halogenated alkanes) is 5. The van der Waals surface area contributed by atoms with Crippen LogP contribution in [-0.4, -0.2) is 17.1 Å². The molecule has 0 aromatic carbocycles. The quantitative estimate of drug-likeness (QED) is 0.346. The number of hydrogen-bond acceptors (Lipinski definition) is 1. The molecule has 78 valence electrons. The lowest BCUT2D eigenvalue weighted by atomic mass is 10.1. The molecule has 0 aromatic rings. The minimum atomic E-state index is -0.0341. The number of allylic oxidation sites excluding steroid dienone is 1. The summed E-state index contributed by atoms with van der Waals surface area (Å²) in [6, 6.07) is 0. The van der Waals surface area contributed by atoms with Gasteiger partial charge in [-0.05, 0) is 19.3 Å². The molecule has 1 nitrogen and oxygen atoms in total. The molecule has 0 unspecified atom stereocenters. The molecule has 1 N–H and O–H groups in total. The van der Waals surface area contributed by atoms with Gasteiger partial charge in [-0.25, -0.2) is 0 Å². The van der Waals surface area contributed by atoms with Crippen LogP contribution in [-0.2, 0) is 0 Å². The highest BCUT2D eigenvalue weighted by molar-refractivity contribution is 6.20. The summed E-state index contributed by atoms with van der Waals surface area (Å²) < 4.78 is 0. The standard InChI is InChI=1S/C11H21ClO/c1-2-3-4-5-6-7-8-9-11(12)10-13/h2,11,13H,1,3-10H2/t11-/m0/s1. The zero-order chi connectivity index (χ0) is 9.94. The summed E-state index contributed by atoms with van der Waals surface area (Å²) in [6.45, 7) is 3.79. The third-order valence-electron chi connectivity index (χ3n) is 2.12. The van der Waals surface area contributed by atoms with Crippen LogP contribution in [0.2, 0.25) is 0 Å². The second kappa shape index (κ2) is 10.1. The van der Waals surface area contributed by atoms with Gasteiger partial charge in [-0.3, -0.25) is 0 Å². The van der Waals surface area contributed by atoms with Crippen LogP contribution in [0.1, 0.15) is 44.9 Å². The van der Waals surface area contributed by atoms with E-state index < -0.39 is 0 Å². The van der Waals surface area contributed by atoms with E-state index in [0.717, 1.165) is 19.3 Å². The van der Waals surface area contributed by atoms with Gasteiger partial charge >= 0.3 is 0 Å². The Bertz CT molecular complexity index is 115. The Morgan fingerprint density at radius 3 is 2.38 bits per heavy atom. The first-order valence-corrected chi connectivity index (χ1v) is 5.60. The van der Waals surface area contributed by atoms with Crippen LogP contribution in [0.3, 0.4) is 0 Å². The predicted molar refractivity (Wildman–Crippen MR) is 59.2 cm³/mol. The number of hydrogen-bond donors (Lipinski definition) is 1. The van der Waals surface area contributed by atoms with E-state index in [9.17, 15) is 0 Å². The fourth-order valence-electron chi connectivity index (χ4n) is 1.28. The minimum Gasteiger partial charge on any atom is -0.395 e. The van der Waals surface area contributed by atoms with Crippen LogP contribution < -0.4 is 0 Å². The molecule has 13 heavy (non-hydrogen) atoms. The Balaban J connectivity index is 2.95. The van der Waals surface area contributed by atoms with Gasteiger partial charge in [-0.15, -0.1) is 18.2 Å². The molecular weight excluding hydrogens is 184 g/mol. The third-order valence-corrected chi connectivity index (χ3v) is 2.48. The zero-order valence-electron chi connectivity index (χ0n) is 8.34. The molecule has 0 saturated carbocycles. The molecule has 0 radical (unpaired) electrons. The van der Waals surface area contributed by atoms with Gasteiger partial charge in [0.05, 0.1) is 12.0 Å². The number of halogens is 1. The largest absolute Gasteiger partial charge is 0.395 e. The molecule has 0 bridgehead atoms. The van der Waals surface area contributed by atoms with Crippen molar-refractivity contribution in [1.29, 1.82) is 0 Å². The summed E-state index contributed by atoms with van der Waals surface area (Å²) in [4.78, 5) is 0. The number of aliphatic hydroxyl groups is 1. The van der Waals surface area contributed by atoms with E-state index >= 15 is 0 Å². The van der Waals surface area contributed by atoms with Crippen molar-refractivity contribution < 1.29 is 5.11 Å². The second-order valence-electron chi connectivity index (χ2n) is 3.41. The average molecular weight is 205 g/mol. The van der Waals surface area contributed by atoms with Crippen LogP contribution >= 0.6 is 11.6 Å². The Morgan fingerprint density at radius 2 is 1.77 bits per heavy atom. The summed E-state index contributed by atoms with van der Waals surface area (Å²) >= 11 is 5.76. The highest BCUT2D eigenvalue weighted by atomic mass is 35.5. The smallest absolute Gasteiger partial charge is 0.0595 e. The molecule has 2 heteroatoms. The van der Waals surface area contributed by atoms with Gasteiger partial charge in [0.1, 0.15) is 0 Å². The SMILES string of the molecule is C=CCCCCCCC[C@H](Cl)CO. The van der Waals surface area contributed by atoms with Gasteiger partial charge in [0.2, 0.25) is 0 Å². The van der Waals surface area contributed by atoms with Gasteiger partial charge in [0, 0.05) is 0 Å². The summed E-state index contributed by atoms with van der Waals surface area (Å²) in [5.74, 6) is 0. The highest BCUT2D eigenvalue weighted by Crippen LogP contribution is 2.11. The van der Waals surface area contributed by atoms with Gasteiger partial charge in [-0.2, -0.15) is 0 Å². The molecule has 0 saturated heterocycles. The molecule has 0 rings (SSSR count). The van der Waals surface area contributed by atoms with Gasteiger partial charge in [0.25, 0.3) is 0 Å². The minimum absolute atomic E-state index is 0.0341. The van der Waals surface area contributed by atoms with Crippen molar-refractivity contribution >= 4 is 11.6 Å². The molecule has 0 heterocycles. The Kier molecular flexibility index (Phi) is 10.1. The van der Waals surface area contributed by atoms with Crippen molar-refractivity contribution in [2.24, 2.45) is 0 Å². The van der Waals surface area contributed by atoms with Crippen LogP contribution in [0.15, 0.2) is 12.7 Å². The fourth-order valence-corrected chi connectivity index (χ4v) is 1.43. The topological polar surface area (TPSA) is 20.2 Å². The van der Waals surface area contributed by atoms with Crippen LogP contribution in [0.4, 0.5) is 0 Å². The van der Waals surface area contributed by atoms with E-state index in [0.29, 0.717) is 0 Å². The first-order chi connectivity index (χ1) is 6.31. The van der Waals surface area contributed by atoms with E-state index in [4.69, 9.17) is 16.7 Å². The normalized spacial score (nSPS) is 12.8. The van der Waals surface area contributed by atoms with E-state index in [-0.39, 0.29) is 12.0 Å². The highest BCUT2D eigenvalue weighted by Gasteiger charge is 2.00. The molecule has 0 amide bonds. The van der Waals surface area contributed by atoms with Crippen molar-refractivity contribution in [2.75, 3.05) is 6.61 Å². The predicted octanol–water partition coefficient (Wildman–Crippen LogP) is 3.50. The lowest BCUT2D eigenvalue weighted by Gasteiger charge is -2.04. The maximum absolute atomic E-state index is 8.66. The van der Waals surface area contributed by atoms with Gasteiger partial charge < -0.3 is 5.11 Å². The van der Waals surface area contributed by atoms with E-state index in [1.54, 1.807) is 0 Å². The fraction of sp³-hybridized carbons (Fsp3) is 0.818. The van der Waals surface area contributed by atoms with Crippen molar-refractivity contribution in [2.45, 2.75) is 50.3 Å². The van der Waals surface area contributed by atoms with Gasteiger partial charge in [-0.1, -0.05) is 31.8 Å². The van der Waals surface area contributed by atoms with Crippen molar-refractivity contribution in [3.8, 4) is 0 Å². The van der Waals surface area contributed by atoms with Crippen molar-refractivity contribution in [1.82, 2.24) is 0 Å². The second-order valence-corrected chi connectivity index (χ2v) is 4.03. The van der Waals surface area contributed by atoms with Gasteiger partial charge in [0.15, 0.2) is 0 Å². The van der Waals surface area contributed by atoms with Crippen LogP contribution in [0, 0.1) is 0 Å². The molecule has 1 atom stereocenters. The average Bonchev–Trinajstić information content (AvgIpc) is 2.16. The van der Waals surface area contributed by atoms with E-state index in [1.807, 2.05) is 6.08 Å². The molecule has 0 fully saturated rings. The van der Waals surface area contributed by atoms with Crippen LogP contribution in [0.5, 0.6) is 0 Å². The molecule has 0 aliphatic heterocycles. The maximum atomic E-state index is 8.66. The summed E-state index contributed by atoms with van der Waals surface area (Å²) in [6.07, 6.45) is 10.3.